The van der Waals surface area contributed by atoms with Crippen LogP contribution in [0.1, 0.15) is 36.1 Å². The van der Waals surface area contributed by atoms with Gasteiger partial charge in [-0.2, -0.15) is 0 Å². The van der Waals surface area contributed by atoms with Crippen LogP contribution in [0.25, 0.3) is 0 Å². The quantitative estimate of drug-likeness (QED) is 0.178. The standard InChI is InChI=1S/C19H24N4O3S.HI/c24-17-9-5-15(6-10-17)22-19(21-13-18-2-1-11-27-18)20-12-14-3-7-16(8-4-14)23(25)26;/h1-4,7-8,11,15,17,24H,5-6,9-10,12-13H2,(H2,20,21,22);1H. The number of non-ortho nitro benzene ring substituents is 1. The van der Waals surface area contributed by atoms with Gasteiger partial charge >= 0.3 is 0 Å². The third kappa shape index (κ3) is 7.02. The maximum atomic E-state index is 10.8. The van der Waals surface area contributed by atoms with E-state index in [4.69, 9.17) is 0 Å². The predicted octanol–water partition coefficient (Wildman–Crippen LogP) is 3.81. The molecule has 9 heteroatoms. The summed E-state index contributed by atoms with van der Waals surface area (Å²) in [4.78, 5) is 16.2. The summed E-state index contributed by atoms with van der Waals surface area (Å²) in [6.07, 6.45) is 3.25. The van der Waals surface area contributed by atoms with Crippen molar-refractivity contribution in [2.24, 2.45) is 4.99 Å². The zero-order valence-electron chi connectivity index (χ0n) is 15.4. The van der Waals surface area contributed by atoms with Crippen LogP contribution >= 0.6 is 35.3 Å². The first-order valence-electron chi connectivity index (χ1n) is 9.09. The number of thiophene rings is 1. The zero-order chi connectivity index (χ0) is 19.1. The third-order valence-electron chi connectivity index (χ3n) is 4.61. The van der Waals surface area contributed by atoms with Crippen molar-refractivity contribution in [2.75, 3.05) is 0 Å². The van der Waals surface area contributed by atoms with Gasteiger partial charge in [-0.1, -0.05) is 18.2 Å². The number of hydrogen-bond donors (Lipinski definition) is 3. The molecule has 0 radical (unpaired) electrons. The molecule has 0 bridgehead atoms. The van der Waals surface area contributed by atoms with Crippen molar-refractivity contribution in [2.45, 2.75) is 50.9 Å². The number of nitrogens with one attached hydrogen (secondary N) is 2. The van der Waals surface area contributed by atoms with Crippen LogP contribution in [0.4, 0.5) is 5.69 Å². The average molecular weight is 516 g/mol. The van der Waals surface area contributed by atoms with Crippen LogP contribution in [0.15, 0.2) is 46.8 Å². The highest BCUT2D eigenvalue weighted by molar-refractivity contribution is 14.0. The number of guanidine groups is 1. The van der Waals surface area contributed by atoms with Gasteiger partial charge in [0.1, 0.15) is 0 Å². The van der Waals surface area contributed by atoms with Gasteiger partial charge in [0, 0.05) is 23.1 Å². The Morgan fingerprint density at radius 2 is 1.93 bits per heavy atom. The molecule has 0 spiro atoms. The second kappa shape index (κ2) is 11.3. The summed E-state index contributed by atoms with van der Waals surface area (Å²) in [5.41, 5.74) is 0.995. The highest BCUT2D eigenvalue weighted by Crippen LogP contribution is 2.18. The smallest absolute Gasteiger partial charge is 0.269 e. The lowest BCUT2D eigenvalue weighted by atomic mass is 9.93. The highest BCUT2D eigenvalue weighted by atomic mass is 127. The molecule has 1 aliphatic carbocycles. The first-order chi connectivity index (χ1) is 13.1. The molecule has 0 saturated heterocycles. The molecule has 0 atom stereocenters. The first kappa shape index (κ1) is 22.6. The van der Waals surface area contributed by atoms with Crippen LogP contribution in [0.3, 0.4) is 0 Å². The Morgan fingerprint density at radius 3 is 2.54 bits per heavy atom. The highest BCUT2D eigenvalue weighted by Gasteiger charge is 2.20. The van der Waals surface area contributed by atoms with Crippen LogP contribution in [0.2, 0.25) is 0 Å². The van der Waals surface area contributed by atoms with Gasteiger partial charge in [-0.3, -0.25) is 10.1 Å². The van der Waals surface area contributed by atoms with Crippen LogP contribution in [0.5, 0.6) is 0 Å². The second-order valence-electron chi connectivity index (χ2n) is 6.67. The summed E-state index contributed by atoms with van der Waals surface area (Å²) < 4.78 is 0. The minimum absolute atomic E-state index is 0. The van der Waals surface area contributed by atoms with Crippen molar-refractivity contribution in [3.05, 3.63) is 62.3 Å². The molecule has 28 heavy (non-hydrogen) atoms. The molecule has 7 nitrogen and oxygen atoms in total. The molecule has 1 aromatic heterocycles. The average Bonchev–Trinajstić information content (AvgIpc) is 3.19. The van der Waals surface area contributed by atoms with E-state index in [0.717, 1.165) is 37.2 Å². The van der Waals surface area contributed by atoms with E-state index < -0.39 is 4.92 Å². The van der Waals surface area contributed by atoms with E-state index in [-0.39, 0.29) is 35.8 Å². The molecule has 1 saturated carbocycles. The molecule has 0 unspecified atom stereocenters. The lowest BCUT2D eigenvalue weighted by molar-refractivity contribution is -0.384. The number of nitrogens with zero attached hydrogens (tertiary/aromatic N) is 2. The number of rotatable bonds is 6. The van der Waals surface area contributed by atoms with E-state index in [0.29, 0.717) is 19.1 Å². The van der Waals surface area contributed by atoms with Gasteiger partial charge < -0.3 is 15.7 Å². The maximum Gasteiger partial charge on any atom is 0.269 e. The fraction of sp³-hybridized carbons (Fsp3) is 0.421. The van der Waals surface area contributed by atoms with Gasteiger partial charge in [-0.15, -0.1) is 35.3 Å². The van der Waals surface area contributed by atoms with E-state index in [1.165, 1.54) is 17.0 Å². The molecule has 2 aromatic rings. The number of aliphatic hydroxyl groups excluding tert-OH is 1. The van der Waals surface area contributed by atoms with Crippen molar-refractivity contribution in [1.82, 2.24) is 10.6 Å². The number of nitro groups is 1. The lowest BCUT2D eigenvalue weighted by Crippen LogP contribution is -2.45. The topological polar surface area (TPSA) is 99.8 Å². The summed E-state index contributed by atoms with van der Waals surface area (Å²) in [7, 11) is 0. The Balaban J connectivity index is 0.00000280. The molecule has 3 N–H and O–H groups in total. The van der Waals surface area contributed by atoms with E-state index in [2.05, 4.69) is 21.7 Å². The van der Waals surface area contributed by atoms with E-state index in [1.807, 2.05) is 11.4 Å². The Kier molecular flexibility index (Phi) is 9.13. The molecular formula is C19H25IN4O3S. The molecule has 0 aliphatic heterocycles. The van der Waals surface area contributed by atoms with Crippen molar-refractivity contribution >= 4 is 47.0 Å². The van der Waals surface area contributed by atoms with Crippen molar-refractivity contribution in [3.8, 4) is 0 Å². The van der Waals surface area contributed by atoms with Gasteiger partial charge in [0.05, 0.1) is 24.1 Å². The first-order valence-corrected chi connectivity index (χ1v) is 9.97. The summed E-state index contributed by atoms with van der Waals surface area (Å²) in [5.74, 6) is 0.725. The summed E-state index contributed by atoms with van der Waals surface area (Å²) >= 11 is 1.69. The number of hydrogen-bond acceptors (Lipinski definition) is 5. The summed E-state index contributed by atoms with van der Waals surface area (Å²) in [5, 5.41) is 29.3. The molecule has 1 fully saturated rings. The number of aliphatic hydroxyl groups is 1. The van der Waals surface area contributed by atoms with Crippen molar-refractivity contribution in [1.29, 1.82) is 0 Å². The fourth-order valence-electron chi connectivity index (χ4n) is 3.04. The Bertz CT molecular complexity index is 760. The summed E-state index contributed by atoms with van der Waals surface area (Å²) in [6.45, 7) is 1.13. The Labute approximate surface area is 185 Å². The number of halogens is 1. The molecule has 1 heterocycles. The molecule has 1 aromatic carbocycles. The number of nitro benzene ring substituents is 1. The summed E-state index contributed by atoms with van der Waals surface area (Å²) in [6, 6.07) is 10.8. The molecule has 1 aliphatic rings. The van der Waals surface area contributed by atoms with Crippen molar-refractivity contribution in [3.63, 3.8) is 0 Å². The van der Waals surface area contributed by atoms with Gasteiger partial charge in [0.15, 0.2) is 5.96 Å². The SMILES string of the molecule is I.O=[N+]([O-])c1ccc(CN=C(NCc2cccs2)NC2CCC(O)CC2)cc1. The largest absolute Gasteiger partial charge is 0.393 e. The van der Waals surface area contributed by atoms with Gasteiger partial charge in [-0.25, -0.2) is 4.99 Å². The minimum atomic E-state index is -0.403. The van der Waals surface area contributed by atoms with E-state index in [1.54, 1.807) is 23.5 Å². The third-order valence-corrected chi connectivity index (χ3v) is 5.49. The zero-order valence-corrected chi connectivity index (χ0v) is 18.6. The molecule has 152 valence electrons. The Hall–Kier alpha value is -1.72. The van der Waals surface area contributed by atoms with Gasteiger partial charge in [-0.05, 0) is 42.7 Å². The van der Waals surface area contributed by atoms with Gasteiger partial charge in [0.25, 0.3) is 5.69 Å². The molecule has 3 rings (SSSR count). The fourth-order valence-corrected chi connectivity index (χ4v) is 3.69. The normalized spacial score (nSPS) is 19.5. The van der Waals surface area contributed by atoms with Crippen LogP contribution in [0, 0.1) is 10.1 Å². The number of aliphatic imine (C=N–C) groups is 1. The van der Waals surface area contributed by atoms with E-state index >= 15 is 0 Å². The monoisotopic (exact) mass is 516 g/mol. The van der Waals surface area contributed by atoms with Crippen LogP contribution in [-0.4, -0.2) is 28.1 Å². The predicted molar refractivity (Wildman–Crippen MR) is 122 cm³/mol. The number of benzene rings is 1. The Morgan fingerprint density at radius 1 is 1.21 bits per heavy atom. The maximum absolute atomic E-state index is 10.8. The van der Waals surface area contributed by atoms with Gasteiger partial charge in [0.2, 0.25) is 0 Å². The molecular weight excluding hydrogens is 491 g/mol. The minimum Gasteiger partial charge on any atom is -0.393 e. The second-order valence-corrected chi connectivity index (χ2v) is 7.70. The van der Waals surface area contributed by atoms with E-state index in [9.17, 15) is 15.2 Å². The van der Waals surface area contributed by atoms with Crippen LogP contribution in [-0.2, 0) is 13.1 Å². The van der Waals surface area contributed by atoms with Crippen molar-refractivity contribution < 1.29 is 10.0 Å². The molecule has 0 amide bonds. The van der Waals surface area contributed by atoms with Crippen LogP contribution < -0.4 is 10.6 Å². The lowest BCUT2D eigenvalue weighted by Gasteiger charge is -2.27.